The molecule has 1 rings (SSSR count). The molecule has 1 aromatic rings. The zero-order valence-electron chi connectivity index (χ0n) is 11.0. The van der Waals surface area contributed by atoms with Gasteiger partial charge in [-0.25, -0.2) is 13.2 Å². The normalized spacial score (nSPS) is 13.3. The summed E-state index contributed by atoms with van der Waals surface area (Å²) < 4.78 is 30.0. The number of ether oxygens (including phenoxy) is 1. The van der Waals surface area contributed by atoms with Gasteiger partial charge in [0.2, 0.25) is 10.0 Å². The van der Waals surface area contributed by atoms with Gasteiger partial charge in [-0.1, -0.05) is 6.07 Å². The van der Waals surface area contributed by atoms with Crippen LogP contribution in [0, 0.1) is 0 Å². The van der Waals surface area contributed by atoms with Crippen LogP contribution in [0.3, 0.4) is 0 Å². The SMILES string of the molecule is COC(=O)c1cccc(S(=O)(=O)N(C)CC(C)O)c1. The second-order valence-corrected chi connectivity index (χ2v) is 6.20. The van der Waals surface area contributed by atoms with Crippen LogP contribution in [-0.2, 0) is 14.8 Å². The number of rotatable bonds is 5. The van der Waals surface area contributed by atoms with Crippen molar-refractivity contribution in [2.45, 2.75) is 17.9 Å². The van der Waals surface area contributed by atoms with Crippen molar-refractivity contribution in [3.63, 3.8) is 0 Å². The van der Waals surface area contributed by atoms with E-state index in [0.717, 1.165) is 4.31 Å². The van der Waals surface area contributed by atoms with Gasteiger partial charge >= 0.3 is 5.97 Å². The number of esters is 1. The van der Waals surface area contributed by atoms with E-state index in [1.807, 2.05) is 0 Å². The maximum Gasteiger partial charge on any atom is 0.337 e. The Balaban J connectivity index is 3.11. The summed E-state index contributed by atoms with van der Waals surface area (Å²) in [6.45, 7) is 1.47. The second-order valence-electron chi connectivity index (χ2n) is 4.15. The first-order chi connectivity index (χ1) is 8.78. The molecule has 0 saturated carbocycles. The average Bonchev–Trinajstić information content (AvgIpc) is 2.37. The maximum absolute atomic E-state index is 12.2. The van der Waals surface area contributed by atoms with E-state index in [1.165, 1.54) is 45.3 Å². The number of carbonyl (C=O) groups is 1. The van der Waals surface area contributed by atoms with Crippen molar-refractivity contribution in [1.82, 2.24) is 4.31 Å². The molecule has 6 nitrogen and oxygen atoms in total. The van der Waals surface area contributed by atoms with E-state index in [9.17, 15) is 18.3 Å². The van der Waals surface area contributed by atoms with Gasteiger partial charge in [0.1, 0.15) is 0 Å². The standard InChI is InChI=1S/C12H17NO5S/c1-9(14)8-13(2)19(16,17)11-6-4-5-10(7-11)12(15)18-3/h4-7,9,14H,8H2,1-3H3. The third-order valence-electron chi connectivity index (χ3n) is 2.48. The minimum absolute atomic E-state index is 0.0152. The highest BCUT2D eigenvalue weighted by Crippen LogP contribution is 2.16. The van der Waals surface area contributed by atoms with E-state index in [0.29, 0.717) is 0 Å². The molecule has 0 spiro atoms. The highest BCUT2D eigenvalue weighted by molar-refractivity contribution is 7.89. The summed E-state index contributed by atoms with van der Waals surface area (Å²) in [4.78, 5) is 11.4. The molecule has 1 N–H and O–H groups in total. The quantitative estimate of drug-likeness (QED) is 0.796. The Bertz CT molecular complexity index is 553. The highest BCUT2D eigenvalue weighted by Gasteiger charge is 2.22. The van der Waals surface area contributed by atoms with E-state index >= 15 is 0 Å². The monoisotopic (exact) mass is 287 g/mol. The highest BCUT2D eigenvalue weighted by atomic mass is 32.2. The van der Waals surface area contributed by atoms with Crippen molar-refractivity contribution in [3.05, 3.63) is 29.8 Å². The van der Waals surface area contributed by atoms with E-state index in [1.54, 1.807) is 0 Å². The molecule has 0 aromatic heterocycles. The van der Waals surface area contributed by atoms with Gasteiger partial charge in [0, 0.05) is 13.6 Å². The van der Waals surface area contributed by atoms with E-state index in [2.05, 4.69) is 4.74 Å². The molecule has 0 heterocycles. The summed E-state index contributed by atoms with van der Waals surface area (Å²) in [7, 11) is -1.14. The van der Waals surface area contributed by atoms with Gasteiger partial charge < -0.3 is 9.84 Å². The van der Waals surface area contributed by atoms with E-state index in [4.69, 9.17) is 0 Å². The van der Waals surface area contributed by atoms with Crippen LogP contribution in [0.4, 0.5) is 0 Å². The molecule has 0 amide bonds. The number of sulfonamides is 1. The van der Waals surface area contributed by atoms with Crippen molar-refractivity contribution < 1.29 is 23.1 Å². The topological polar surface area (TPSA) is 83.9 Å². The molecule has 19 heavy (non-hydrogen) atoms. The van der Waals surface area contributed by atoms with Gasteiger partial charge in [-0.05, 0) is 25.1 Å². The minimum atomic E-state index is -3.73. The Hall–Kier alpha value is -1.44. The summed E-state index contributed by atoms with van der Waals surface area (Å²) in [6.07, 6.45) is -0.774. The molecule has 0 saturated heterocycles. The molecule has 1 unspecified atom stereocenters. The van der Waals surface area contributed by atoms with Gasteiger partial charge in [0.25, 0.3) is 0 Å². The van der Waals surface area contributed by atoms with Crippen LogP contribution >= 0.6 is 0 Å². The van der Waals surface area contributed by atoms with Crippen molar-refractivity contribution in [1.29, 1.82) is 0 Å². The first-order valence-corrected chi connectivity index (χ1v) is 7.06. The molecule has 0 aliphatic heterocycles. The van der Waals surface area contributed by atoms with Gasteiger partial charge in [-0.2, -0.15) is 4.31 Å². The fourth-order valence-electron chi connectivity index (χ4n) is 1.55. The zero-order valence-corrected chi connectivity index (χ0v) is 11.8. The molecule has 0 radical (unpaired) electrons. The fraction of sp³-hybridized carbons (Fsp3) is 0.417. The van der Waals surface area contributed by atoms with Crippen molar-refractivity contribution in [3.8, 4) is 0 Å². The van der Waals surface area contributed by atoms with Crippen LogP contribution in [0.5, 0.6) is 0 Å². The smallest absolute Gasteiger partial charge is 0.337 e. The number of hydrogen-bond acceptors (Lipinski definition) is 5. The number of nitrogens with zero attached hydrogens (tertiary/aromatic N) is 1. The molecular weight excluding hydrogens is 270 g/mol. The Kier molecular flexibility index (Phi) is 5.04. The van der Waals surface area contributed by atoms with Crippen LogP contribution in [0.2, 0.25) is 0 Å². The Labute approximate surface area is 112 Å². The third-order valence-corrected chi connectivity index (χ3v) is 4.30. The molecule has 1 aromatic carbocycles. The summed E-state index contributed by atoms with van der Waals surface area (Å²) in [5.74, 6) is -0.602. The van der Waals surface area contributed by atoms with E-state index in [-0.39, 0.29) is 17.0 Å². The molecule has 7 heteroatoms. The first kappa shape index (κ1) is 15.6. The number of carbonyl (C=O) groups excluding carboxylic acids is 1. The van der Waals surface area contributed by atoms with Gasteiger partial charge in [-0.3, -0.25) is 0 Å². The average molecular weight is 287 g/mol. The molecule has 0 fully saturated rings. The predicted octanol–water partition coefficient (Wildman–Crippen LogP) is 0.474. The lowest BCUT2D eigenvalue weighted by atomic mass is 10.2. The van der Waals surface area contributed by atoms with Gasteiger partial charge in [0.05, 0.1) is 23.7 Å². The number of benzene rings is 1. The first-order valence-electron chi connectivity index (χ1n) is 5.62. The maximum atomic E-state index is 12.2. The Morgan fingerprint density at radius 3 is 2.63 bits per heavy atom. The van der Waals surface area contributed by atoms with Crippen LogP contribution in [0.1, 0.15) is 17.3 Å². The lowest BCUT2D eigenvalue weighted by molar-refractivity contribution is 0.0600. The molecule has 0 aliphatic rings. The lowest BCUT2D eigenvalue weighted by Gasteiger charge is -2.18. The molecule has 106 valence electrons. The summed E-state index contributed by atoms with van der Waals surface area (Å²) in [5, 5.41) is 9.23. The lowest BCUT2D eigenvalue weighted by Crippen LogP contribution is -2.33. The minimum Gasteiger partial charge on any atom is -0.465 e. The van der Waals surface area contributed by atoms with Crippen LogP contribution in [0.15, 0.2) is 29.2 Å². The van der Waals surface area contributed by atoms with Crippen molar-refractivity contribution in [2.75, 3.05) is 20.7 Å². The number of methoxy groups -OCH3 is 1. The van der Waals surface area contributed by atoms with Crippen molar-refractivity contribution >= 4 is 16.0 Å². The molecular formula is C12H17NO5S. The second kappa shape index (κ2) is 6.14. The Morgan fingerprint density at radius 1 is 1.47 bits per heavy atom. The number of likely N-dealkylation sites (N-methyl/N-ethyl adjacent to an activating group) is 1. The largest absolute Gasteiger partial charge is 0.465 e. The number of aliphatic hydroxyl groups excluding tert-OH is 1. The van der Waals surface area contributed by atoms with E-state index < -0.39 is 22.1 Å². The molecule has 0 bridgehead atoms. The van der Waals surface area contributed by atoms with Crippen LogP contribution < -0.4 is 0 Å². The third kappa shape index (κ3) is 3.76. The molecule has 0 aliphatic carbocycles. The predicted molar refractivity (Wildman–Crippen MR) is 69.3 cm³/mol. The van der Waals surface area contributed by atoms with Crippen molar-refractivity contribution in [2.24, 2.45) is 0 Å². The summed E-state index contributed by atoms with van der Waals surface area (Å²) in [5.41, 5.74) is 0.161. The molecule has 1 atom stereocenters. The van der Waals surface area contributed by atoms with Gasteiger partial charge in [0.15, 0.2) is 0 Å². The van der Waals surface area contributed by atoms with Gasteiger partial charge in [-0.15, -0.1) is 0 Å². The van der Waals surface area contributed by atoms with Crippen LogP contribution in [-0.4, -0.2) is 50.6 Å². The summed E-state index contributed by atoms with van der Waals surface area (Å²) in [6, 6.07) is 5.58. The van der Waals surface area contributed by atoms with Crippen LogP contribution in [0.25, 0.3) is 0 Å². The fourth-order valence-corrected chi connectivity index (χ4v) is 2.85. The summed E-state index contributed by atoms with van der Waals surface area (Å²) >= 11 is 0. The zero-order chi connectivity index (χ0) is 14.6. The number of hydrogen-bond donors (Lipinski definition) is 1. The Morgan fingerprint density at radius 2 is 2.11 bits per heavy atom. The number of aliphatic hydroxyl groups is 1.